The lowest BCUT2D eigenvalue weighted by Crippen LogP contribution is -2.42. The molecule has 2 aliphatic heterocycles. The number of hydrogen-bond donors (Lipinski definition) is 2. The van der Waals surface area contributed by atoms with E-state index in [4.69, 9.17) is 26.1 Å². The summed E-state index contributed by atoms with van der Waals surface area (Å²) in [4.78, 5) is 24.3. The molecule has 2 aromatic heterocycles. The number of hydrogen-bond acceptors (Lipinski definition) is 7. The first kappa shape index (κ1) is 24.9. The average molecular weight is 488 g/mol. The van der Waals surface area contributed by atoms with Crippen molar-refractivity contribution in [3.05, 3.63) is 35.5 Å². The van der Waals surface area contributed by atoms with Gasteiger partial charge in [-0.15, -0.1) is 0 Å². The van der Waals surface area contributed by atoms with Gasteiger partial charge >= 0.3 is 0 Å². The molecule has 0 aromatic carbocycles. The Kier molecular flexibility index (Phi) is 9.10. The molecule has 4 rings (SSSR count). The standard InChI is InChI=1S/C25H34ClN5O3/c1-33-13-10-31-9-3-4-19(17-31)25(32)30-24-14-20(21(26)16-28-24)22-5-2-6-23(29-22)27-15-18-7-11-34-12-8-18/h2,5-6,14,16,18-19H,3-4,7-13,15,17H2,1H3,(H,27,29)(H,28,30,32). The Morgan fingerprint density at radius 3 is 2.94 bits per heavy atom. The van der Waals surface area contributed by atoms with Crippen molar-refractivity contribution >= 4 is 29.1 Å². The maximum absolute atomic E-state index is 12.9. The molecule has 0 radical (unpaired) electrons. The number of ether oxygens (including phenoxy) is 2. The second-order valence-electron chi connectivity index (χ2n) is 9.02. The second-order valence-corrected chi connectivity index (χ2v) is 9.42. The van der Waals surface area contributed by atoms with E-state index < -0.39 is 0 Å². The van der Waals surface area contributed by atoms with E-state index in [9.17, 15) is 4.79 Å². The molecule has 0 bridgehead atoms. The molecule has 8 nitrogen and oxygen atoms in total. The molecule has 34 heavy (non-hydrogen) atoms. The molecule has 0 spiro atoms. The topological polar surface area (TPSA) is 88.6 Å². The summed E-state index contributed by atoms with van der Waals surface area (Å²) in [5.74, 6) is 1.81. The molecule has 1 atom stereocenters. The van der Waals surface area contributed by atoms with Gasteiger partial charge in [-0.1, -0.05) is 17.7 Å². The zero-order valence-corrected chi connectivity index (χ0v) is 20.5. The minimum atomic E-state index is -0.0672. The van der Waals surface area contributed by atoms with Crippen LogP contribution in [0.25, 0.3) is 11.3 Å². The number of rotatable bonds is 9. The lowest BCUT2D eigenvalue weighted by molar-refractivity contribution is -0.121. The number of likely N-dealkylation sites (tertiary alicyclic amines) is 1. The van der Waals surface area contributed by atoms with Crippen molar-refractivity contribution in [1.29, 1.82) is 0 Å². The smallest absolute Gasteiger partial charge is 0.229 e. The third-order valence-electron chi connectivity index (χ3n) is 6.53. The lowest BCUT2D eigenvalue weighted by atomic mass is 9.97. The van der Waals surface area contributed by atoms with Crippen molar-refractivity contribution in [1.82, 2.24) is 14.9 Å². The number of halogens is 1. The quantitative estimate of drug-likeness (QED) is 0.554. The monoisotopic (exact) mass is 487 g/mol. The minimum Gasteiger partial charge on any atom is -0.383 e. The largest absolute Gasteiger partial charge is 0.383 e. The molecule has 9 heteroatoms. The van der Waals surface area contributed by atoms with Gasteiger partial charge in [0.2, 0.25) is 5.91 Å². The van der Waals surface area contributed by atoms with Crippen LogP contribution in [-0.4, -0.2) is 73.9 Å². The Morgan fingerprint density at radius 2 is 2.12 bits per heavy atom. The van der Waals surface area contributed by atoms with Gasteiger partial charge in [-0.25, -0.2) is 9.97 Å². The molecule has 2 aromatic rings. The van der Waals surface area contributed by atoms with Gasteiger partial charge in [0.1, 0.15) is 11.6 Å². The van der Waals surface area contributed by atoms with Crippen LogP contribution in [0.5, 0.6) is 0 Å². The molecule has 2 fully saturated rings. The molecule has 4 heterocycles. The number of anilines is 2. The van der Waals surface area contributed by atoms with Crippen LogP contribution in [0.2, 0.25) is 5.02 Å². The van der Waals surface area contributed by atoms with Crippen molar-refractivity contribution < 1.29 is 14.3 Å². The number of carbonyl (C=O) groups is 1. The van der Waals surface area contributed by atoms with Gasteiger partial charge in [0, 0.05) is 51.7 Å². The van der Waals surface area contributed by atoms with E-state index in [1.807, 2.05) is 18.2 Å². The summed E-state index contributed by atoms with van der Waals surface area (Å²) in [7, 11) is 1.70. The van der Waals surface area contributed by atoms with Crippen LogP contribution >= 0.6 is 11.6 Å². The summed E-state index contributed by atoms with van der Waals surface area (Å²) in [6.45, 7) is 5.77. The average Bonchev–Trinajstić information content (AvgIpc) is 2.88. The summed E-state index contributed by atoms with van der Waals surface area (Å²) in [6.07, 6.45) is 5.58. The molecule has 2 N–H and O–H groups in total. The van der Waals surface area contributed by atoms with Gasteiger partial charge in [0.25, 0.3) is 0 Å². The third-order valence-corrected chi connectivity index (χ3v) is 6.83. The molecular formula is C25H34ClN5O3. The van der Waals surface area contributed by atoms with Crippen LogP contribution in [0, 0.1) is 11.8 Å². The van der Waals surface area contributed by atoms with E-state index in [0.29, 0.717) is 23.4 Å². The fourth-order valence-corrected chi connectivity index (χ4v) is 4.71. The van der Waals surface area contributed by atoms with E-state index in [1.165, 1.54) is 0 Å². The fraction of sp³-hybridized carbons (Fsp3) is 0.560. The van der Waals surface area contributed by atoms with E-state index in [-0.39, 0.29) is 11.8 Å². The Hall–Kier alpha value is -2.26. The number of aromatic nitrogens is 2. The van der Waals surface area contributed by atoms with Gasteiger partial charge in [-0.2, -0.15) is 0 Å². The Balaban J connectivity index is 1.40. The SMILES string of the molecule is COCCN1CCCC(C(=O)Nc2cc(-c3cccc(NCC4CCOCC4)n3)c(Cl)cn2)C1. The van der Waals surface area contributed by atoms with Crippen LogP contribution in [0.4, 0.5) is 11.6 Å². The number of methoxy groups -OCH3 is 1. The molecular weight excluding hydrogens is 454 g/mol. The number of nitrogens with one attached hydrogen (secondary N) is 2. The van der Waals surface area contributed by atoms with Gasteiger partial charge < -0.3 is 25.0 Å². The highest BCUT2D eigenvalue weighted by atomic mass is 35.5. The Bertz CT molecular complexity index is 954. The van der Waals surface area contributed by atoms with Gasteiger partial charge in [0.15, 0.2) is 0 Å². The maximum Gasteiger partial charge on any atom is 0.229 e. The second kappa shape index (κ2) is 12.4. The third kappa shape index (κ3) is 6.88. The van der Waals surface area contributed by atoms with Crippen molar-refractivity contribution in [3.63, 3.8) is 0 Å². The predicted molar refractivity (Wildman–Crippen MR) is 134 cm³/mol. The van der Waals surface area contributed by atoms with Gasteiger partial charge in [0.05, 0.1) is 23.2 Å². The molecule has 2 aliphatic rings. The van der Waals surface area contributed by atoms with Crippen molar-refractivity contribution in [2.45, 2.75) is 25.7 Å². The van der Waals surface area contributed by atoms with E-state index in [2.05, 4.69) is 20.5 Å². The number of carbonyl (C=O) groups excluding carboxylic acids is 1. The first-order valence-electron chi connectivity index (χ1n) is 12.1. The highest BCUT2D eigenvalue weighted by Crippen LogP contribution is 2.29. The van der Waals surface area contributed by atoms with Crippen LogP contribution in [0.15, 0.2) is 30.5 Å². The van der Waals surface area contributed by atoms with Crippen LogP contribution in [-0.2, 0) is 14.3 Å². The number of amides is 1. The normalized spacial score (nSPS) is 19.6. The first-order chi connectivity index (χ1) is 16.6. The Labute approximate surface area is 206 Å². The lowest BCUT2D eigenvalue weighted by Gasteiger charge is -2.31. The molecule has 1 amide bonds. The van der Waals surface area contributed by atoms with E-state index >= 15 is 0 Å². The number of pyridine rings is 2. The van der Waals surface area contributed by atoms with E-state index in [1.54, 1.807) is 19.4 Å². The summed E-state index contributed by atoms with van der Waals surface area (Å²) < 4.78 is 10.6. The maximum atomic E-state index is 12.9. The van der Waals surface area contributed by atoms with Crippen molar-refractivity contribution in [2.75, 3.05) is 63.7 Å². The first-order valence-corrected chi connectivity index (χ1v) is 12.5. The van der Waals surface area contributed by atoms with Crippen molar-refractivity contribution in [3.8, 4) is 11.3 Å². The fourth-order valence-electron chi connectivity index (χ4n) is 4.51. The van der Waals surface area contributed by atoms with Gasteiger partial charge in [-0.05, 0) is 56.3 Å². The van der Waals surface area contributed by atoms with E-state index in [0.717, 1.165) is 82.2 Å². The molecule has 1 unspecified atom stereocenters. The number of nitrogens with zero attached hydrogens (tertiary/aromatic N) is 3. The van der Waals surface area contributed by atoms with Gasteiger partial charge in [-0.3, -0.25) is 4.79 Å². The molecule has 0 aliphatic carbocycles. The van der Waals surface area contributed by atoms with Crippen LogP contribution < -0.4 is 10.6 Å². The zero-order valence-electron chi connectivity index (χ0n) is 19.8. The Morgan fingerprint density at radius 1 is 1.26 bits per heavy atom. The highest BCUT2D eigenvalue weighted by molar-refractivity contribution is 6.33. The highest BCUT2D eigenvalue weighted by Gasteiger charge is 2.26. The van der Waals surface area contributed by atoms with Crippen molar-refractivity contribution in [2.24, 2.45) is 11.8 Å². The molecule has 184 valence electrons. The zero-order chi connectivity index (χ0) is 23.8. The number of piperidine rings is 1. The summed E-state index contributed by atoms with van der Waals surface area (Å²) in [6, 6.07) is 7.64. The summed E-state index contributed by atoms with van der Waals surface area (Å²) in [5, 5.41) is 6.93. The molecule has 0 saturated carbocycles. The van der Waals surface area contributed by atoms with Crippen LogP contribution in [0.3, 0.4) is 0 Å². The molecule has 2 saturated heterocycles. The predicted octanol–water partition coefficient (Wildman–Crippen LogP) is 3.93. The minimum absolute atomic E-state index is 0.0114. The summed E-state index contributed by atoms with van der Waals surface area (Å²) >= 11 is 6.47. The summed E-state index contributed by atoms with van der Waals surface area (Å²) in [5.41, 5.74) is 1.48. The van der Waals surface area contributed by atoms with Crippen LogP contribution in [0.1, 0.15) is 25.7 Å².